The van der Waals surface area contributed by atoms with Gasteiger partial charge in [-0.05, 0) is 30.7 Å². The van der Waals surface area contributed by atoms with Crippen LogP contribution in [0.25, 0.3) is 0 Å². The molecule has 2 atom stereocenters. The first-order valence-corrected chi connectivity index (χ1v) is 9.38. The molecule has 20 heavy (non-hydrogen) atoms. The van der Waals surface area contributed by atoms with Gasteiger partial charge in [-0.2, -0.15) is 4.31 Å². The van der Waals surface area contributed by atoms with E-state index in [0.717, 1.165) is 17.7 Å². The molecule has 7 heteroatoms. The van der Waals surface area contributed by atoms with Crippen LogP contribution in [0, 0.1) is 0 Å². The third-order valence-electron chi connectivity index (χ3n) is 4.00. The SMILES string of the molecule is Cl.O=S(=O)(CCc1cccs1)N1CC2CCCC(C1)N2. The Balaban J connectivity index is 0.00000147. The lowest BCUT2D eigenvalue weighted by Crippen LogP contribution is -2.60. The lowest BCUT2D eigenvalue weighted by Gasteiger charge is -2.41. The predicted octanol–water partition coefficient (Wildman–Crippen LogP) is 1.87. The second-order valence-electron chi connectivity index (χ2n) is 5.45. The Morgan fingerprint density at radius 1 is 1.30 bits per heavy atom. The van der Waals surface area contributed by atoms with Crippen molar-refractivity contribution in [2.75, 3.05) is 18.8 Å². The Hall–Kier alpha value is -0.140. The number of sulfonamides is 1. The first kappa shape index (κ1) is 16.2. The number of fused-ring (bicyclic) bond motifs is 2. The molecule has 0 spiro atoms. The summed E-state index contributed by atoms with van der Waals surface area (Å²) >= 11 is 1.63. The van der Waals surface area contributed by atoms with Crippen LogP contribution >= 0.6 is 23.7 Å². The van der Waals surface area contributed by atoms with E-state index in [1.165, 1.54) is 6.42 Å². The molecule has 1 aromatic heterocycles. The van der Waals surface area contributed by atoms with Crippen molar-refractivity contribution in [2.45, 2.75) is 37.8 Å². The number of aryl methyl sites for hydroxylation is 1. The van der Waals surface area contributed by atoms with Crippen LogP contribution in [0.5, 0.6) is 0 Å². The van der Waals surface area contributed by atoms with Gasteiger partial charge in [0, 0.05) is 30.1 Å². The van der Waals surface area contributed by atoms with Crippen molar-refractivity contribution in [2.24, 2.45) is 0 Å². The Morgan fingerprint density at radius 3 is 2.60 bits per heavy atom. The first-order chi connectivity index (χ1) is 9.13. The summed E-state index contributed by atoms with van der Waals surface area (Å²) in [5.74, 6) is 0.243. The third kappa shape index (κ3) is 3.74. The summed E-state index contributed by atoms with van der Waals surface area (Å²) in [5, 5.41) is 5.52. The number of piperazine rings is 1. The maximum Gasteiger partial charge on any atom is 0.214 e. The van der Waals surface area contributed by atoms with E-state index >= 15 is 0 Å². The first-order valence-electron chi connectivity index (χ1n) is 6.90. The normalized spacial score (nSPS) is 27.0. The van der Waals surface area contributed by atoms with Crippen molar-refractivity contribution in [3.8, 4) is 0 Å². The third-order valence-corrected chi connectivity index (χ3v) is 6.75. The monoisotopic (exact) mass is 336 g/mol. The van der Waals surface area contributed by atoms with Crippen molar-refractivity contribution < 1.29 is 8.42 Å². The predicted molar refractivity (Wildman–Crippen MR) is 85.2 cm³/mol. The average Bonchev–Trinajstić information content (AvgIpc) is 2.89. The van der Waals surface area contributed by atoms with Crippen LogP contribution < -0.4 is 5.32 Å². The standard InChI is InChI=1S/C13H20N2O2S2.ClH/c16-19(17,8-6-13-5-2-7-18-13)15-9-11-3-1-4-12(10-15)14-11;/h2,5,7,11-12,14H,1,3-4,6,8-10H2;1H. The fourth-order valence-electron chi connectivity index (χ4n) is 3.01. The van der Waals surface area contributed by atoms with Crippen molar-refractivity contribution in [3.63, 3.8) is 0 Å². The lowest BCUT2D eigenvalue weighted by molar-refractivity contribution is 0.190. The number of halogens is 1. The van der Waals surface area contributed by atoms with Crippen LogP contribution in [0.2, 0.25) is 0 Å². The molecule has 2 saturated heterocycles. The molecule has 0 aromatic carbocycles. The number of hydrogen-bond acceptors (Lipinski definition) is 4. The highest BCUT2D eigenvalue weighted by Crippen LogP contribution is 2.22. The second-order valence-corrected chi connectivity index (χ2v) is 8.57. The summed E-state index contributed by atoms with van der Waals surface area (Å²) in [6, 6.07) is 4.71. The summed E-state index contributed by atoms with van der Waals surface area (Å²) < 4.78 is 26.5. The van der Waals surface area contributed by atoms with Crippen LogP contribution in [-0.2, 0) is 16.4 Å². The fourth-order valence-corrected chi connectivity index (χ4v) is 5.39. The zero-order valence-corrected chi connectivity index (χ0v) is 13.8. The van der Waals surface area contributed by atoms with Gasteiger partial charge >= 0.3 is 0 Å². The van der Waals surface area contributed by atoms with E-state index in [0.29, 0.717) is 31.6 Å². The van der Waals surface area contributed by atoms with Gasteiger partial charge in [-0.15, -0.1) is 23.7 Å². The quantitative estimate of drug-likeness (QED) is 0.913. The van der Waals surface area contributed by atoms with Crippen LogP contribution in [0.15, 0.2) is 17.5 Å². The van der Waals surface area contributed by atoms with Crippen LogP contribution in [0.1, 0.15) is 24.1 Å². The summed E-state index contributed by atoms with van der Waals surface area (Å²) in [4.78, 5) is 1.15. The number of rotatable bonds is 4. The number of hydrogen-bond donors (Lipinski definition) is 1. The minimum atomic E-state index is -3.10. The highest BCUT2D eigenvalue weighted by atomic mass is 35.5. The van der Waals surface area contributed by atoms with E-state index in [4.69, 9.17) is 0 Å². The smallest absolute Gasteiger partial charge is 0.214 e. The minimum absolute atomic E-state index is 0. The summed E-state index contributed by atoms with van der Waals surface area (Å²) in [7, 11) is -3.10. The molecular formula is C13H21ClN2O2S2. The molecule has 0 aliphatic carbocycles. The lowest BCUT2D eigenvalue weighted by atomic mass is 9.96. The van der Waals surface area contributed by atoms with Gasteiger partial charge < -0.3 is 5.32 Å². The van der Waals surface area contributed by atoms with E-state index in [1.807, 2.05) is 17.5 Å². The molecule has 114 valence electrons. The van der Waals surface area contributed by atoms with Gasteiger partial charge in [-0.1, -0.05) is 12.5 Å². The molecule has 4 nitrogen and oxygen atoms in total. The fraction of sp³-hybridized carbons (Fsp3) is 0.692. The molecule has 0 saturated carbocycles. The zero-order chi connectivity index (χ0) is 13.3. The van der Waals surface area contributed by atoms with Gasteiger partial charge in [0.1, 0.15) is 0 Å². The van der Waals surface area contributed by atoms with Gasteiger partial charge in [0.2, 0.25) is 10.0 Å². The molecular weight excluding hydrogens is 316 g/mol. The Kier molecular flexibility index (Phi) is 5.48. The maximum absolute atomic E-state index is 12.4. The van der Waals surface area contributed by atoms with Crippen LogP contribution in [0.3, 0.4) is 0 Å². The summed E-state index contributed by atoms with van der Waals surface area (Å²) in [5.41, 5.74) is 0. The van der Waals surface area contributed by atoms with Crippen molar-refractivity contribution in [1.29, 1.82) is 0 Å². The molecule has 0 radical (unpaired) electrons. The molecule has 2 aliphatic heterocycles. The van der Waals surface area contributed by atoms with E-state index in [2.05, 4.69) is 5.32 Å². The van der Waals surface area contributed by atoms with Crippen LogP contribution in [0.4, 0.5) is 0 Å². The van der Waals surface area contributed by atoms with Gasteiger partial charge in [0.15, 0.2) is 0 Å². The second kappa shape index (κ2) is 6.75. The average molecular weight is 337 g/mol. The number of piperidine rings is 1. The van der Waals surface area contributed by atoms with E-state index < -0.39 is 10.0 Å². The Bertz CT molecular complexity index is 506. The van der Waals surface area contributed by atoms with Crippen molar-refractivity contribution in [1.82, 2.24) is 9.62 Å². The summed E-state index contributed by atoms with van der Waals surface area (Å²) in [6.45, 7) is 1.31. The highest BCUT2D eigenvalue weighted by molar-refractivity contribution is 7.89. The van der Waals surface area contributed by atoms with Gasteiger partial charge in [0.25, 0.3) is 0 Å². The molecule has 1 N–H and O–H groups in total. The molecule has 0 amide bonds. The van der Waals surface area contributed by atoms with E-state index in [-0.39, 0.29) is 18.2 Å². The molecule has 2 unspecified atom stereocenters. The largest absolute Gasteiger partial charge is 0.309 e. The van der Waals surface area contributed by atoms with Gasteiger partial charge in [-0.25, -0.2) is 8.42 Å². The molecule has 1 aromatic rings. The molecule has 3 heterocycles. The van der Waals surface area contributed by atoms with Crippen LogP contribution in [-0.4, -0.2) is 43.6 Å². The van der Waals surface area contributed by atoms with Crippen molar-refractivity contribution in [3.05, 3.63) is 22.4 Å². The Morgan fingerprint density at radius 2 is 2.00 bits per heavy atom. The van der Waals surface area contributed by atoms with Gasteiger partial charge in [0.05, 0.1) is 5.75 Å². The highest BCUT2D eigenvalue weighted by Gasteiger charge is 2.35. The summed E-state index contributed by atoms with van der Waals surface area (Å²) in [6.07, 6.45) is 4.07. The number of thiophene rings is 1. The van der Waals surface area contributed by atoms with Crippen molar-refractivity contribution >= 4 is 33.8 Å². The van der Waals surface area contributed by atoms with E-state index in [1.54, 1.807) is 15.6 Å². The zero-order valence-electron chi connectivity index (χ0n) is 11.3. The minimum Gasteiger partial charge on any atom is -0.309 e. The molecule has 2 fully saturated rings. The van der Waals surface area contributed by atoms with E-state index in [9.17, 15) is 8.42 Å². The van der Waals surface area contributed by atoms with Gasteiger partial charge in [-0.3, -0.25) is 0 Å². The number of nitrogens with zero attached hydrogens (tertiary/aromatic N) is 1. The molecule has 2 aliphatic rings. The number of nitrogens with one attached hydrogen (secondary N) is 1. The molecule has 2 bridgehead atoms. The topological polar surface area (TPSA) is 49.4 Å². The molecule has 3 rings (SSSR count). The maximum atomic E-state index is 12.4. The Labute approximate surface area is 131 Å².